The molecule has 0 atom stereocenters. The molecule has 0 saturated heterocycles. The van der Waals surface area contributed by atoms with E-state index in [0.29, 0.717) is 71.0 Å². The first kappa shape index (κ1) is 31.7. The van der Waals surface area contributed by atoms with E-state index in [-0.39, 0.29) is 0 Å². The van der Waals surface area contributed by atoms with Gasteiger partial charge in [-0.2, -0.15) is 4.98 Å². The lowest BCUT2D eigenvalue weighted by molar-refractivity contribution is 0.0294. The predicted molar refractivity (Wildman–Crippen MR) is 162 cm³/mol. The summed E-state index contributed by atoms with van der Waals surface area (Å²) in [6.45, 7) is 4.20. The number of anilines is 1. The fourth-order valence-electron chi connectivity index (χ4n) is 4.19. The predicted octanol–water partition coefficient (Wildman–Crippen LogP) is 5.54. The number of oxazole rings is 1. The van der Waals surface area contributed by atoms with Gasteiger partial charge in [0, 0.05) is 26.3 Å². The van der Waals surface area contributed by atoms with Crippen LogP contribution in [-0.4, -0.2) is 66.0 Å². The molecule has 3 aromatic carbocycles. The van der Waals surface area contributed by atoms with Crippen LogP contribution in [0.4, 0.5) is 6.01 Å². The number of aromatic nitrogens is 1. The molecule has 0 spiro atoms. The van der Waals surface area contributed by atoms with Crippen LogP contribution in [0.1, 0.15) is 16.8 Å². The number of hydrogen-bond acceptors (Lipinski definition) is 10. The summed E-state index contributed by atoms with van der Waals surface area (Å²) in [5.74, 6) is 3.07. The monoisotopic (exact) mass is 592 g/mol. The van der Waals surface area contributed by atoms with E-state index in [1.807, 2.05) is 60.7 Å². The standard InChI is InChI=1S/C33H40N2O8/c1-36-13-17-41-31-11-5-8-27(20-31)23-35(22-26-7-4-9-29(19-26)37-2)33-34-28(25-43-33)24-40-15-14-39-16-18-42-32-12-6-10-30(21-32)38-3/h4-12,19-21,25H,13-18,22-24H2,1-3H3. The zero-order valence-electron chi connectivity index (χ0n) is 25.0. The number of benzene rings is 3. The second-order valence-corrected chi connectivity index (χ2v) is 9.51. The maximum Gasteiger partial charge on any atom is 0.298 e. The molecule has 0 bridgehead atoms. The van der Waals surface area contributed by atoms with E-state index in [1.165, 1.54) is 0 Å². The van der Waals surface area contributed by atoms with Crippen LogP contribution < -0.4 is 23.8 Å². The van der Waals surface area contributed by atoms with Gasteiger partial charge in [0.1, 0.15) is 48.2 Å². The summed E-state index contributed by atoms with van der Waals surface area (Å²) in [7, 11) is 4.94. The van der Waals surface area contributed by atoms with Crippen LogP contribution in [0.2, 0.25) is 0 Å². The summed E-state index contributed by atoms with van der Waals surface area (Å²) in [6, 6.07) is 23.9. The van der Waals surface area contributed by atoms with Crippen LogP contribution in [-0.2, 0) is 33.9 Å². The fourth-order valence-corrected chi connectivity index (χ4v) is 4.19. The molecule has 0 fully saturated rings. The highest BCUT2D eigenvalue weighted by atomic mass is 16.5. The van der Waals surface area contributed by atoms with Crippen LogP contribution in [0, 0.1) is 0 Å². The van der Waals surface area contributed by atoms with Crippen LogP contribution in [0.5, 0.6) is 23.0 Å². The molecule has 1 aromatic heterocycles. The Hall–Kier alpha value is -4.25. The Morgan fingerprint density at radius 3 is 1.88 bits per heavy atom. The Morgan fingerprint density at radius 2 is 1.19 bits per heavy atom. The third-order valence-electron chi connectivity index (χ3n) is 6.31. The molecule has 0 radical (unpaired) electrons. The Kier molecular flexibility index (Phi) is 13.0. The summed E-state index contributed by atoms with van der Waals surface area (Å²) in [5.41, 5.74) is 2.82. The zero-order valence-corrected chi connectivity index (χ0v) is 25.0. The van der Waals surface area contributed by atoms with Gasteiger partial charge in [-0.25, -0.2) is 0 Å². The first-order valence-corrected chi connectivity index (χ1v) is 14.1. The van der Waals surface area contributed by atoms with Crippen LogP contribution in [0.15, 0.2) is 83.5 Å². The van der Waals surface area contributed by atoms with Crippen LogP contribution in [0.3, 0.4) is 0 Å². The lowest BCUT2D eigenvalue weighted by atomic mass is 10.1. The van der Waals surface area contributed by atoms with E-state index < -0.39 is 0 Å². The molecule has 0 N–H and O–H groups in total. The Morgan fingerprint density at radius 1 is 0.628 bits per heavy atom. The molecule has 0 saturated carbocycles. The molecule has 1 heterocycles. The Labute approximate surface area is 253 Å². The van der Waals surface area contributed by atoms with E-state index in [1.54, 1.807) is 27.6 Å². The normalized spacial score (nSPS) is 10.9. The van der Waals surface area contributed by atoms with Crippen molar-refractivity contribution in [2.24, 2.45) is 0 Å². The zero-order chi connectivity index (χ0) is 30.1. The molecule has 4 aromatic rings. The molecule has 0 unspecified atom stereocenters. The minimum Gasteiger partial charge on any atom is -0.497 e. The molecule has 0 aliphatic heterocycles. The Bertz CT molecular complexity index is 1360. The van der Waals surface area contributed by atoms with Crippen molar-refractivity contribution < 1.29 is 37.6 Å². The van der Waals surface area contributed by atoms with Crippen molar-refractivity contribution in [2.75, 3.05) is 65.9 Å². The fraction of sp³-hybridized carbons (Fsp3) is 0.364. The third kappa shape index (κ3) is 10.8. The first-order valence-electron chi connectivity index (χ1n) is 14.1. The second kappa shape index (κ2) is 17.6. The van der Waals surface area contributed by atoms with Crippen molar-refractivity contribution in [3.8, 4) is 23.0 Å². The minimum absolute atomic E-state index is 0.309. The van der Waals surface area contributed by atoms with Gasteiger partial charge in [-0.1, -0.05) is 30.3 Å². The van der Waals surface area contributed by atoms with Gasteiger partial charge in [-0.3, -0.25) is 0 Å². The van der Waals surface area contributed by atoms with Crippen molar-refractivity contribution >= 4 is 6.01 Å². The van der Waals surface area contributed by atoms with Gasteiger partial charge in [-0.05, 0) is 47.5 Å². The average molecular weight is 593 g/mol. The highest BCUT2D eigenvalue weighted by molar-refractivity contribution is 5.37. The SMILES string of the molecule is COCCOc1cccc(CN(Cc2cccc(OC)c2)c2nc(COCCOCCOc3cccc(OC)c3)co2)c1. The first-order chi connectivity index (χ1) is 21.2. The molecule has 4 rings (SSSR count). The number of nitrogens with zero attached hydrogens (tertiary/aromatic N) is 2. The van der Waals surface area contributed by atoms with Crippen LogP contribution in [0.25, 0.3) is 0 Å². The van der Waals surface area contributed by atoms with Gasteiger partial charge in [0.15, 0.2) is 0 Å². The maximum atomic E-state index is 5.91. The topological polar surface area (TPSA) is 93.9 Å². The van der Waals surface area contributed by atoms with E-state index in [2.05, 4.69) is 17.0 Å². The minimum atomic E-state index is 0.309. The quantitative estimate of drug-likeness (QED) is 0.122. The molecule has 230 valence electrons. The summed E-state index contributed by atoms with van der Waals surface area (Å²) in [6.07, 6.45) is 1.63. The largest absolute Gasteiger partial charge is 0.497 e. The van der Waals surface area contributed by atoms with Gasteiger partial charge in [0.25, 0.3) is 6.01 Å². The lowest BCUT2D eigenvalue weighted by Crippen LogP contribution is -2.22. The van der Waals surface area contributed by atoms with Crippen molar-refractivity contribution in [3.63, 3.8) is 0 Å². The molecule has 0 aliphatic carbocycles. The summed E-state index contributed by atoms with van der Waals surface area (Å²) in [4.78, 5) is 6.78. The molecular weight excluding hydrogens is 552 g/mol. The summed E-state index contributed by atoms with van der Waals surface area (Å²) < 4.78 is 44.5. The van der Waals surface area contributed by atoms with Gasteiger partial charge in [0.05, 0.1) is 47.3 Å². The lowest BCUT2D eigenvalue weighted by Gasteiger charge is -2.21. The number of rotatable bonds is 20. The molecule has 10 nitrogen and oxygen atoms in total. The van der Waals surface area contributed by atoms with Crippen molar-refractivity contribution in [1.29, 1.82) is 0 Å². The van der Waals surface area contributed by atoms with E-state index in [9.17, 15) is 0 Å². The third-order valence-corrected chi connectivity index (χ3v) is 6.31. The van der Waals surface area contributed by atoms with E-state index in [0.717, 1.165) is 34.1 Å². The van der Waals surface area contributed by atoms with Gasteiger partial charge >= 0.3 is 0 Å². The highest BCUT2D eigenvalue weighted by Crippen LogP contribution is 2.24. The van der Waals surface area contributed by atoms with Crippen molar-refractivity contribution in [2.45, 2.75) is 19.7 Å². The van der Waals surface area contributed by atoms with Gasteiger partial charge < -0.3 is 42.5 Å². The van der Waals surface area contributed by atoms with Crippen LogP contribution >= 0.6 is 0 Å². The number of hydrogen-bond donors (Lipinski definition) is 0. The molecule has 43 heavy (non-hydrogen) atoms. The molecule has 10 heteroatoms. The molecule has 0 amide bonds. The van der Waals surface area contributed by atoms with Crippen molar-refractivity contribution in [3.05, 3.63) is 95.9 Å². The smallest absolute Gasteiger partial charge is 0.298 e. The molecular formula is C33H40N2O8. The van der Waals surface area contributed by atoms with Gasteiger partial charge in [0.2, 0.25) is 0 Å². The number of ether oxygens (including phenoxy) is 7. The maximum absolute atomic E-state index is 5.91. The highest BCUT2D eigenvalue weighted by Gasteiger charge is 2.16. The van der Waals surface area contributed by atoms with Crippen molar-refractivity contribution in [1.82, 2.24) is 4.98 Å². The number of methoxy groups -OCH3 is 3. The summed E-state index contributed by atoms with van der Waals surface area (Å²) in [5, 5.41) is 0. The van der Waals surface area contributed by atoms with E-state index >= 15 is 0 Å². The second-order valence-electron chi connectivity index (χ2n) is 9.51. The summed E-state index contributed by atoms with van der Waals surface area (Å²) >= 11 is 0. The average Bonchev–Trinajstić information content (AvgIpc) is 3.51. The Balaban J connectivity index is 1.28. The van der Waals surface area contributed by atoms with E-state index in [4.69, 9.17) is 42.6 Å². The molecule has 0 aliphatic rings. The van der Waals surface area contributed by atoms with Gasteiger partial charge in [-0.15, -0.1) is 0 Å².